The Kier molecular flexibility index (Phi) is 29.4. The Morgan fingerprint density at radius 1 is 0.912 bits per heavy atom. The predicted molar refractivity (Wildman–Crippen MR) is 125 cm³/mol. The van der Waals surface area contributed by atoms with Gasteiger partial charge in [0.05, 0.1) is 10.1 Å². The molecule has 0 atom stereocenters. The monoisotopic (exact) mass is 556 g/mol. The van der Waals surface area contributed by atoms with Crippen LogP contribution < -0.4 is 18.0 Å². The van der Waals surface area contributed by atoms with Gasteiger partial charge in [-0.1, -0.05) is 41.9 Å². The van der Waals surface area contributed by atoms with Gasteiger partial charge in [0.25, 0.3) is 0 Å². The molecule has 0 aliphatic rings. The lowest BCUT2D eigenvalue weighted by Crippen LogP contribution is -2.02. The first kappa shape index (κ1) is 41.9. The highest BCUT2D eigenvalue weighted by Gasteiger charge is 1.97. The molecule has 0 saturated heterocycles. The van der Waals surface area contributed by atoms with E-state index in [0.717, 1.165) is 12.1 Å². The van der Waals surface area contributed by atoms with Crippen molar-refractivity contribution in [1.29, 1.82) is 0 Å². The van der Waals surface area contributed by atoms with Crippen molar-refractivity contribution in [2.75, 3.05) is 11.5 Å². The van der Waals surface area contributed by atoms with Crippen molar-refractivity contribution in [2.45, 2.75) is 19.8 Å². The molecule has 12 N–H and O–H groups in total. The number of hydrogen-bond acceptors (Lipinski definition) is 13. The molecule has 0 saturated carbocycles. The molecule has 34 heavy (non-hydrogen) atoms. The number of nitrogens with two attached hydrogens (primary N) is 1. The fourth-order valence-electron chi connectivity index (χ4n) is 1.09. The summed E-state index contributed by atoms with van der Waals surface area (Å²) in [4.78, 5) is 3.78. The number of para-hydroxylation sites is 1. The first-order chi connectivity index (χ1) is 14.5. The second kappa shape index (κ2) is 23.8. The summed E-state index contributed by atoms with van der Waals surface area (Å²) in [6, 6.07) is 15.2. The molecule has 1 aromatic carbocycles. The molecule has 202 valence electrons. The smallest absolute Gasteiger partial charge is 0.748 e. The van der Waals surface area contributed by atoms with Crippen molar-refractivity contribution in [3.8, 4) is 0 Å². The summed E-state index contributed by atoms with van der Waals surface area (Å²) >= 11 is 0. The molecule has 2 rings (SSSR count). The van der Waals surface area contributed by atoms with E-state index in [1.807, 2.05) is 55.5 Å². The highest BCUT2D eigenvalue weighted by atomic mass is 32.3. The maximum absolute atomic E-state index is 9.83. The average molecular weight is 557 g/mol. The van der Waals surface area contributed by atoms with Crippen molar-refractivity contribution in [2.24, 2.45) is 0 Å². The largest absolute Gasteiger partial charge is 1.00 e. The van der Waals surface area contributed by atoms with E-state index in [1.54, 1.807) is 12.4 Å². The minimum Gasteiger partial charge on any atom is -0.748 e. The number of nitrogen functional groups attached to an aromatic ring is 1. The van der Waals surface area contributed by atoms with Gasteiger partial charge in [0.15, 0.2) is 0 Å². The first-order valence-electron chi connectivity index (χ1n) is 8.11. The molecule has 0 fully saturated rings. The number of rotatable bonds is 4. The van der Waals surface area contributed by atoms with E-state index in [9.17, 15) is 13.0 Å². The van der Waals surface area contributed by atoms with Gasteiger partial charge in [0.2, 0.25) is 0 Å². The lowest BCUT2D eigenvalue weighted by molar-refractivity contribution is -0.139. The van der Waals surface area contributed by atoms with E-state index in [4.69, 9.17) is 41.5 Å². The highest BCUT2D eigenvalue weighted by molar-refractivity contribution is 7.85. The lowest BCUT2D eigenvalue weighted by atomic mass is 10.3. The summed E-state index contributed by atoms with van der Waals surface area (Å²) in [5.74, 6) is -0.219. The van der Waals surface area contributed by atoms with Gasteiger partial charge < -0.3 is 22.6 Å². The van der Waals surface area contributed by atoms with Crippen LogP contribution in [0, 0.1) is 0 Å². The number of aromatic nitrogens is 1. The zero-order chi connectivity index (χ0) is 25.7. The Labute approximate surface area is 200 Å². The molecule has 1 heterocycles. The van der Waals surface area contributed by atoms with E-state index in [2.05, 4.69) is 9.32 Å². The second-order valence-electron chi connectivity index (χ2n) is 5.00. The number of pyridine rings is 1. The maximum Gasteiger partial charge on any atom is 1.00 e. The molecule has 2 aromatic rings. The Hall–Kier alpha value is -2.30. The van der Waals surface area contributed by atoms with Crippen molar-refractivity contribution in [3.05, 3.63) is 60.9 Å². The molecule has 0 aliphatic carbocycles. The maximum atomic E-state index is 9.83. The van der Waals surface area contributed by atoms with Crippen LogP contribution >= 0.6 is 0 Å². The molecule has 0 radical (unpaired) electrons. The minimum atomic E-state index is -4.67. The zero-order valence-electron chi connectivity index (χ0n) is 19.1. The molecule has 0 unspecified atom stereocenters. The third-order valence-corrected chi connectivity index (χ3v) is 3.19. The minimum absolute atomic E-state index is 0. The fraction of sp³-hybridized carbons (Fsp3) is 0.267. The molecule has 1 aromatic heterocycles. The van der Waals surface area contributed by atoms with Crippen LogP contribution in [0.25, 0.3) is 0 Å². The summed E-state index contributed by atoms with van der Waals surface area (Å²) in [7, 11) is -13.2. The standard InChI is InChI=1S/C6H7N.C5H5N.C4H10O3S.2H3N.H2O5S.H2O4S/c7-6-4-2-1-3-5-6;1-2-4-6-5-3-1;1-2-3-4-8(5,6)7;;;1-5-6(2,3)4;1-5(2,3)4/h1-5H,7H2;1-5H;2-4H2,1H3,(H,5,6,7);2*1H3;1H,(H,2,3,4);(H2,1,2,3,4). The summed E-state index contributed by atoms with van der Waals surface area (Å²) in [5.41, 5.74) is 6.18. The molecular formula is C15H32N4O12S3. The van der Waals surface area contributed by atoms with Gasteiger partial charge in [0, 0.05) is 23.8 Å². The van der Waals surface area contributed by atoms with Gasteiger partial charge in [-0.05, 0) is 30.7 Å². The first-order valence-corrected chi connectivity index (χ1v) is 12.4. The van der Waals surface area contributed by atoms with Gasteiger partial charge in [-0.2, -0.15) is 16.8 Å². The van der Waals surface area contributed by atoms with Crippen LogP contribution in [0.2, 0.25) is 0 Å². The molecule has 0 bridgehead atoms. The topological polar surface area (TPSA) is 325 Å². The van der Waals surface area contributed by atoms with Crippen molar-refractivity contribution >= 4 is 36.6 Å². The normalized spacial score (nSPS) is 9.71. The number of benzene rings is 1. The van der Waals surface area contributed by atoms with E-state index >= 15 is 0 Å². The molecule has 0 amide bonds. The molecular weight excluding hydrogens is 524 g/mol. The van der Waals surface area contributed by atoms with Gasteiger partial charge in [0.1, 0.15) is 0 Å². The number of hydrogen-bond donors (Lipinski definition) is 7. The third kappa shape index (κ3) is 63.0. The summed E-state index contributed by atoms with van der Waals surface area (Å²) in [6.07, 6.45) is 4.73. The number of unbranched alkanes of at least 4 members (excludes halogenated alkanes) is 1. The molecule has 0 aliphatic heterocycles. The van der Waals surface area contributed by atoms with E-state index in [1.165, 1.54) is 0 Å². The zero-order valence-corrected chi connectivity index (χ0v) is 20.6. The fourth-order valence-corrected chi connectivity index (χ4v) is 1.73. The summed E-state index contributed by atoms with van der Waals surface area (Å²) < 4.78 is 89.0. The Morgan fingerprint density at radius 2 is 1.26 bits per heavy atom. The summed E-state index contributed by atoms with van der Waals surface area (Å²) in [5, 5.41) is 7.06. The third-order valence-electron chi connectivity index (χ3n) is 2.21. The molecule has 16 nitrogen and oxygen atoms in total. The Balaban J connectivity index is -0.0000000741. The molecule has 0 spiro atoms. The lowest BCUT2D eigenvalue weighted by Gasteiger charge is -2.02. The van der Waals surface area contributed by atoms with E-state index in [0.29, 0.717) is 6.42 Å². The quantitative estimate of drug-likeness (QED) is 0.122. The van der Waals surface area contributed by atoms with Crippen LogP contribution in [0.4, 0.5) is 5.69 Å². The summed E-state index contributed by atoms with van der Waals surface area (Å²) in [6.45, 7) is 1.84. The van der Waals surface area contributed by atoms with Crippen LogP contribution in [0.1, 0.15) is 21.2 Å². The van der Waals surface area contributed by atoms with Crippen molar-refractivity contribution in [3.63, 3.8) is 0 Å². The average Bonchev–Trinajstić information content (AvgIpc) is 2.67. The molecule has 19 heteroatoms. The van der Waals surface area contributed by atoms with Crippen molar-refractivity contribution < 1.29 is 54.5 Å². The second-order valence-corrected chi connectivity index (χ2v) is 8.42. The van der Waals surface area contributed by atoms with Crippen LogP contribution in [0.3, 0.4) is 0 Å². The van der Waals surface area contributed by atoms with E-state index in [-0.39, 0.29) is 19.5 Å². The van der Waals surface area contributed by atoms with Gasteiger partial charge >= 0.3 is 22.2 Å². The van der Waals surface area contributed by atoms with Crippen LogP contribution in [0.5, 0.6) is 0 Å². The number of anilines is 1. The van der Waals surface area contributed by atoms with Gasteiger partial charge in [-0.3, -0.25) is 18.6 Å². The van der Waals surface area contributed by atoms with Crippen LogP contribution in [-0.2, 0) is 35.2 Å². The van der Waals surface area contributed by atoms with Crippen molar-refractivity contribution in [1.82, 2.24) is 17.3 Å². The van der Waals surface area contributed by atoms with Gasteiger partial charge in [-0.15, -0.1) is 0 Å². The highest BCUT2D eigenvalue weighted by Crippen LogP contribution is 1.96. The number of nitrogens with zero attached hydrogens (tertiary/aromatic N) is 1. The van der Waals surface area contributed by atoms with Crippen LogP contribution in [-0.4, -0.2) is 59.5 Å². The Bertz CT molecular complexity index is 963. The van der Waals surface area contributed by atoms with Crippen LogP contribution in [0.15, 0.2) is 60.9 Å². The predicted octanol–water partition coefficient (Wildman–Crippen LogP) is 1.74. The van der Waals surface area contributed by atoms with E-state index < -0.39 is 30.9 Å². The SMILES string of the molecule is CCCCS(=O)(=O)[O-].N.N.Nc1ccccc1.O=S(=O)(O)O.O=S(=O)(O)OO.[H+].c1ccncc1. The van der Waals surface area contributed by atoms with Gasteiger partial charge in [-0.25, -0.2) is 13.7 Å². The Morgan fingerprint density at radius 3 is 1.38 bits per heavy atom.